The SMILES string of the molecule is O=C(c1oc(N2CCOCC2)nc1C(F)F)N1CCc2[nH]cnc2[C@H]1c1nc2c(F)cccc2s1. The monoisotopic (exact) mass is 504 g/mol. The average Bonchev–Trinajstić information content (AvgIpc) is 3.61. The lowest BCUT2D eigenvalue weighted by Gasteiger charge is -2.33. The number of para-hydroxylation sites is 1. The van der Waals surface area contributed by atoms with Crippen molar-refractivity contribution in [1.29, 1.82) is 0 Å². The summed E-state index contributed by atoms with van der Waals surface area (Å²) >= 11 is 1.22. The molecular formula is C22H19F3N6O3S. The normalized spacial score (nSPS) is 18.5. The van der Waals surface area contributed by atoms with Gasteiger partial charge in [0.1, 0.15) is 22.4 Å². The van der Waals surface area contributed by atoms with E-state index in [2.05, 4.69) is 19.9 Å². The smallest absolute Gasteiger partial charge is 0.298 e. The Balaban J connectivity index is 1.42. The van der Waals surface area contributed by atoms with Gasteiger partial charge >= 0.3 is 0 Å². The number of alkyl halides is 2. The largest absolute Gasteiger partial charge is 0.418 e. The van der Waals surface area contributed by atoms with E-state index < -0.39 is 35.6 Å². The maximum Gasteiger partial charge on any atom is 0.298 e. The Bertz CT molecular complexity index is 1400. The number of H-pyrrole nitrogens is 1. The third-order valence-corrected chi connectivity index (χ3v) is 7.20. The summed E-state index contributed by atoms with van der Waals surface area (Å²) in [6.45, 7) is 1.83. The molecule has 0 radical (unpaired) electrons. The van der Waals surface area contributed by atoms with Crippen molar-refractivity contribution in [3.05, 3.63) is 58.2 Å². The second-order valence-corrected chi connectivity index (χ2v) is 9.23. The van der Waals surface area contributed by atoms with Gasteiger partial charge in [0.2, 0.25) is 5.76 Å². The molecule has 9 nitrogen and oxygen atoms in total. The van der Waals surface area contributed by atoms with E-state index in [4.69, 9.17) is 9.15 Å². The van der Waals surface area contributed by atoms with Gasteiger partial charge in [0.25, 0.3) is 18.3 Å². The number of carbonyl (C=O) groups is 1. The van der Waals surface area contributed by atoms with Gasteiger partial charge in [-0.3, -0.25) is 4.79 Å². The van der Waals surface area contributed by atoms with Crippen molar-refractivity contribution in [3.8, 4) is 0 Å². The molecule has 4 aromatic rings. The number of hydrogen-bond acceptors (Lipinski definition) is 8. The van der Waals surface area contributed by atoms with Crippen molar-refractivity contribution in [2.24, 2.45) is 0 Å². The molecular weight excluding hydrogens is 485 g/mol. The molecule has 1 amide bonds. The molecule has 182 valence electrons. The Morgan fingerprint density at radius 2 is 2.03 bits per heavy atom. The van der Waals surface area contributed by atoms with Gasteiger partial charge in [0.05, 0.1) is 29.9 Å². The molecule has 0 aliphatic carbocycles. The molecule has 3 aromatic heterocycles. The lowest BCUT2D eigenvalue weighted by molar-refractivity contribution is 0.0642. The minimum Gasteiger partial charge on any atom is -0.418 e. The van der Waals surface area contributed by atoms with E-state index in [9.17, 15) is 18.0 Å². The first-order valence-corrected chi connectivity index (χ1v) is 11.8. The summed E-state index contributed by atoms with van der Waals surface area (Å²) in [5.41, 5.74) is 0.818. The second-order valence-electron chi connectivity index (χ2n) is 8.17. The number of anilines is 1. The predicted octanol–water partition coefficient (Wildman–Crippen LogP) is 3.71. The quantitative estimate of drug-likeness (QED) is 0.452. The zero-order chi connectivity index (χ0) is 24.1. The number of halogens is 3. The van der Waals surface area contributed by atoms with E-state index in [0.29, 0.717) is 48.1 Å². The summed E-state index contributed by atoms with van der Waals surface area (Å²) in [6, 6.07) is 3.80. The van der Waals surface area contributed by atoms with Crippen LogP contribution in [0.3, 0.4) is 0 Å². The van der Waals surface area contributed by atoms with Crippen LogP contribution in [0.25, 0.3) is 10.2 Å². The highest BCUT2D eigenvalue weighted by Gasteiger charge is 2.40. The van der Waals surface area contributed by atoms with E-state index >= 15 is 0 Å². The van der Waals surface area contributed by atoms with Crippen molar-refractivity contribution in [3.63, 3.8) is 0 Å². The number of morpholine rings is 1. The number of ether oxygens (including phenoxy) is 1. The molecule has 1 saturated heterocycles. The zero-order valence-corrected chi connectivity index (χ0v) is 19.0. The Morgan fingerprint density at radius 1 is 1.20 bits per heavy atom. The molecule has 35 heavy (non-hydrogen) atoms. The van der Waals surface area contributed by atoms with Gasteiger partial charge in [0.15, 0.2) is 5.69 Å². The van der Waals surface area contributed by atoms with Crippen molar-refractivity contribution in [1.82, 2.24) is 24.8 Å². The molecule has 1 atom stereocenters. The summed E-state index contributed by atoms with van der Waals surface area (Å²) in [4.78, 5) is 32.6. The van der Waals surface area contributed by atoms with E-state index in [1.54, 1.807) is 17.0 Å². The number of carbonyl (C=O) groups excluding carboxylic acids is 1. The summed E-state index contributed by atoms with van der Waals surface area (Å²) in [6.07, 6.45) is -1.06. The molecule has 13 heteroatoms. The van der Waals surface area contributed by atoms with Gasteiger partial charge in [-0.25, -0.2) is 23.1 Å². The van der Waals surface area contributed by atoms with E-state index in [1.165, 1.54) is 28.6 Å². The highest BCUT2D eigenvalue weighted by Crippen LogP contribution is 2.39. The van der Waals surface area contributed by atoms with Gasteiger partial charge in [-0.15, -0.1) is 11.3 Å². The first-order valence-electron chi connectivity index (χ1n) is 11.0. The van der Waals surface area contributed by atoms with Crippen LogP contribution in [-0.2, 0) is 11.2 Å². The molecule has 2 aliphatic rings. The van der Waals surface area contributed by atoms with Crippen LogP contribution in [0.2, 0.25) is 0 Å². The van der Waals surface area contributed by atoms with Crippen molar-refractivity contribution >= 4 is 33.5 Å². The predicted molar refractivity (Wildman–Crippen MR) is 119 cm³/mol. The van der Waals surface area contributed by atoms with Crippen LogP contribution in [0.15, 0.2) is 28.9 Å². The van der Waals surface area contributed by atoms with Crippen LogP contribution in [-0.4, -0.2) is 63.6 Å². The molecule has 1 fully saturated rings. The number of thiazole rings is 1. The van der Waals surface area contributed by atoms with E-state index in [1.807, 2.05) is 0 Å². The van der Waals surface area contributed by atoms with Crippen molar-refractivity contribution < 1.29 is 27.1 Å². The minimum absolute atomic E-state index is 0.0389. The maximum absolute atomic E-state index is 14.4. The number of nitrogens with zero attached hydrogens (tertiary/aromatic N) is 5. The van der Waals surface area contributed by atoms with Crippen LogP contribution >= 0.6 is 11.3 Å². The van der Waals surface area contributed by atoms with Crippen LogP contribution in [0, 0.1) is 5.82 Å². The fraction of sp³-hybridized carbons (Fsp3) is 0.364. The topological polar surface area (TPSA) is 100 Å². The van der Waals surface area contributed by atoms with E-state index in [0.717, 1.165) is 5.69 Å². The summed E-state index contributed by atoms with van der Waals surface area (Å²) < 4.78 is 53.8. The van der Waals surface area contributed by atoms with Crippen molar-refractivity contribution in [2.45, 2.75) is 18.9 Å². The van der Waals surface area contributed by atoms with Crippen LogP contribution in [0.4, 0.5) is 19.2 Å². The Labute approximate surface area is 200 Å². The van der Waals surface area contributed by atoms with Crippen LogP contribution < -0.4 is 4.90 Å². The van der Waals surface area contributed by atoms with Crippen LogP contribution in [0.5, 0.6) is 0 Å². The van der Waals surface area contributed by atoms with Gasteiger partial charge in [-0.05, 0) is 12.1 Å². The van der Waals surface area contributed by atoms with Crippen molar-refractivity contribution in [2.75, 3.05) is 37.7 Å². The summed E-state index contributed by atoms with van der Waals surface area (Å²) in [5.74, 6) is -1.74. The number of fused-ring (bicyclic) bond motifs is 2. The first-order chi connectivity index (χ1) is 17.0. The number of aromatic nitrogens is 4. The van der Waals surface area contributed by atoms with Gasteiger partial charge in [-0.2, -0.15) is 4.98 Å². The molecule has 0 unspecified atom stereocenters. The minimum atomic E-state index is -3.01. The van der Waals surface area contributed by atoms with Gasteiger partial charge < -0.3 is 23.9 Å². The molecule has 0 spiro atoms. The highest BCUT2D eigenvalue weighted by atomic mass is 32.1. The maximum atomic E-state index is 14.4. The highest BCUT2D eigenvalue weighted by molar-refractivity contribution is 7.18. The Morgan fingerprint density at radius 3 is 2.80 bits per heavy atom. The zero-order valence-electron chi connectivity index (χ0n) is 18.2. The van der Waals surface area contributed by atoms with Gasteiger partial charge in [-0.1, -0.05) is 6.07 Å². The number of imidazole rings is 1. The third-order valence-electron chi connectivity index (χ3n) is 6.13. The van der Waals surface area contributed by atoms with Crippen LogP contribution in [0.1, 0.15) is 45.1 Å². The standard InChI is InChI=1S/C22H19F3N6O3S/c23-11-2-1-3-13-14(11)28-20(35-13)17-15-12(26-10-27-15)4-5-31(17)21(32)18-16(19(24)25)29-22(34-18)30-6-8-33-9-7-30/h1-3,10,17,19H,4-9H2,(H,26,27)/t17-/m0/s1. The molecule has 5 heterocycles. The molecule has 1 N–H and O–H groups in total. The van der Waals surface area contributed by atoms with Gasteiger partial charge in [0, 0.05) is 31.7 Å². The number of aromatic amines is 1. The molecule has 1 aromatic carbocycles. The average molecular weight is 504 g/mol. The number of hydrogen-bond donors (Lipinski definition) is 1. The molecule has 0 bridgehead atoms. The molecule has 2 aliphatic heterocycles. The molecule has 6 rings (SSSR count). The lowest BCUT2D eigenvalue weighted by Crippen LogP contribution is -2.41. The number of rotatable bonds is 4. The summed E-state index contributed by atoms with van der Waals surface area (Å²) in [5, 5.41) is 0.429. The molecule has 0 saturated carbocycles. The summed E-state index contributed by atoms with van der Waals surface area (Å²) in [7, 11) is 0. The number of nitrogens with one attached hydrogen (secondary N) is 1. The first kappa shape index (κ1) is 22.0. The fourth-order valence-electron chi connectivity index (χ4n) is 4.44. The number of oxazole rings is 1. The Kier molecular flexibility index (Phi) is 5.44. The number of benzene rings is 1. The fourth-order valence-corrected chi connectivity index (χ4v) is 5.54. The third kappa shape index (κ3) is 3.74. The van der Waals surface area contributed by atoms with E-state index in [-0.39, 0.29) is 18.1 Å². The Hall–Kier alpha value is -3.45. The lowest BCUT2D eigenvalue weighted by atomic mass is 10.0. The second kappa shape index (κ2) is 8.64. The number of amides is 1.